The number of piperidine rings is 1. The highest BCUT2D eigenvalue weighted by molar-refractivity contribution is 5.87. The third-order valence-electron chi connectivity index (χ3n) is 3.93. The highest BCUT2D eigenvalue weighted by atomic mass is 19.1. The molecule has 0 aromatic heterocycles. The van der Waals surface area contributed by atoms with Crippen LogP contribution in [0.5, 0.6) is 0 Å². The van der Waals surface area contributed by atoms with Gasteiger partial charge in [-0.15, -0.1) is 0 Å². The first kappa shape index (κ1) is 15.7. The number of nitrogens with zero attached hydrogens (tertiary/aromatic N) is 1. The molecule has 0 saturated carbocycles. The summed E-state index contributed by atoms with van der Waals surface area (Å²) >= 11 is 0. The Morgan fingerprint density at radius 3 is 2.86 bits per heavy atom. The fourth-order valence-corrected chi connectivity index (χ4v) is 2.64. The predicted octanol–water partition coefficient (Wildman–Crippen LogP) is 3.16. The topological polar surface area (TPSA) is 29.5 Å². The fourth-order valence-electron chi connectivity index (χ4n) is 2.64. The molecule has 1 aromatic carbocycles. The van der Waals surface area contributed by atoms with E-state index in [1.165, 1.54) is 18.2 Å². The van der Waals surface area contributed by atoms with Crippen molar-refractivity contribution in [1.29, 1.82) is 0 Å². The molecule has 1 aliphatic rings. The summed E-state index contributed by atoms with van der Waals surface area (Å²) in [6.45, 7) is 6.25. The zero-order valence-corrected chi connectivity index (χ0v) is 12.3. The molecule has 0 radical (unpaired) electrons. The van der Waals surface area contributed by atoms with Crippen LogP contribution in [0.3, 0.4) is 0 Å². The Labute approximate surface area is 125 Å². The van der Waals surface area contributed by atoms with Gasteiger partial charge in [-0.25, -0.2) is 4.39 Å². The minimum Gasteiger partial charge on any atom is -0.377 e. The quantitative estimate of drug-likeness (QED) is 0.595. The second-order valence-corrected chi connectivity index (χ2v) is 5.44. The molecule has 1 amide bonds. The Bertz CT molecular complexity index is 481. The van der Waals surface area contributed by atoms with Gasteiger partial charge in [-0.2, -0.15) is 0 Å². The Balaban J connectivity index is 1.62. The van der Waals surface area contributed by atoms with E-state index in [-0.39, 0.29) is 11.7 Å². The number of hydrogen-bond donors (Lipinski definition) is 0. The monoisotopic (exact) mass is 291 g/mol. The molecule has 1 heterocycles. The molecule has 2 rings (SSSR count). The van der Waals surface area contributed by atoms with Crippen molar-refractivity contribution in [2.45, 2.75) is 25.9 Å². The number of carbonyl (C=O) groups excluding carboxylic acids is 1. The molecule has 21 heavy (non-hydrogen) atoms. The summed E-state index contributed by atoms with van der Waals surface area (Å²) < 4.78 is 18.6. The standard InChI is InChI=1S/C17H22FNO2/c1-2-17(20)19-9-6-14(7-10-19)8-11-21-13-15-4-3-5-16(18)12-15/h2-5,12,14H,1,6-11,13H2. The Morgan fingerprint density at radius 2 is 2.19 bits per heavy atom. The van der Waals surface area contributed by atoms with Crippen LogP contribution in [0.2, 0.25) is 0 Å². The minimum absolute atomic E-state index is 0.0239. The van der Waals surface area contributed by atoms with E-state index >= 15 is 0 Å². The zero-order chi connectivity index (χ0) is 15.1. The molecule has 1 fully saturated rings. The number of carbonyl (C=O) groups is 1. The Morgan fingerprint density at radius 1 is 1.43 bits per heavy atom. The molecule has 1 saturated heterocycles. The first-order valence-electron chi connectivity index (χ1n) is 7.42. The van der Waals surface area contributed by atoms with Crippen LogP contribution in [0.4, 0.5) is 4.39 Å². The molecule has 0 bridgehead atoms. The molecule has 0 unspecified atom stereocenters. The molecule has 0 aliphatic carbocycles. The van der Waals surface area contributed by atoms with Crippen molar-refractivity contribution in [3.05, 3.63) is 48.3 Å². The molecule has 0 N–H and O–H groups in total. The largest absolute Gasteiger partial charge is 0.377 e. The summed E-state index contributed by atoms with van der Waals surface area (Å²) in [7, 11) is 0. The lowest BCUT2D eigenvalue weighted by molar-refractivity contribution is -0.127. The first-order chi connectivity index (χ1) is 10.2. The molecule has 4 heteroatoms. The summed E-state index contributed by atoms with van der Waals surface area (Å²) in [5, 5.41) is 0. The minimum atomic E-state index is -0.227. The molecular weight excluding hydrogens is 269 g/mol. The van der Waals surface area contributed by atoms with Crippen molar-refractivity contribution < 1.29 is 13.9 Å². The maximum absolute atomic E-state index is 13.0. The van der Waals surface area contributed by atoms with Gasteiger partial charge in [0, 0.05) is 19.7 Å². The second kappa shape index (κ2) is 7.93. The van der Waals surface area contributed by atoms with Gasteiger partial charge in [0.25, 0.3) is 0 Å². The summed E-state index contributed by atoms with van der Waals surface area (Å²) in [6.07, 6.45) is 4.40. The highest BCUT2D eigenvalue weighted by Gasteiger charge is 2.20. The van der Waals surface area contributed by atoms with Crippen LogP contribution in [0.1, 0.15) is 24.8 Å². The van der Waals surface area contributed by atoms with E-state index in [4.69, 9.17) is 4.74 Å². The number of hydrogen-bond acceptors (Lipinski definition) is 2. The highest BCUT2D eigenvalue weighted by Crippen LogP contribution is 2.20. The van der Waals surface area contributed by atoms with Crippen molar-refractivity contribution in [2.24, 2.45) is 5.92 Å². The van der Waals surface area contributed by atoms with Crippen molar-refractivity contribution in [2.75, 3.05) is 19.7 Å². The van der Waals surface area contributed by atoms with Gasteiger partial charge in [-0.05, 0) is 49.0 Å². The third-order valence-corrected chi connectivity index (χ3v) is 3.93. The van der Waals surface area contributed by atoms with E-state index in [1.807, 2.05) is 11.0 Å². The van der Waals surface area contributed by atoms with Crippen LogP contribution in [0.15, 0.2) is 36.9 Å². The van der Waals surface area contributed by atoms with Gasteiger partial charge in [-0.3, -0.25) is 4.79 Å². The maximum Gasteiger partial charge on any atom is 0.245 e. The number of halogens is 1. The van der Waals surface area contributed by atoms with E-state index in [9.17, 15) is 9.18 Å². The van der Waals surface area contributed by atoms with Gasteiger partial charge in [0.05, 0.1) is 6.61 Å². The molecule has 3 nitrogen and oxygen atoms in total. The van der Waals surface area contributed by atoms with Gasteiger partial charge >= 0.3 is 0 Å². The maximum atomic E-state index is 13.0. The van der Waals surface area contributed by atoms with Crippen LogP contribution >= 0.6 is 0 Å². The van der Waals surface area contributed by atoms with Crippen LogP contribution in [-0.2, 0) is 16.1 Å². The molecule has 0 atom stereocenters. The summed E-state index contributed by atoms with van der Waals surface area (Å²) in [5.41, 5.74) is 0.862. The number of amides is 1. The normalized spacial score (nSPS) is 16.0. The number of likely N-dealkylation sites (tertiary alicyclic amines) is 1. The van der Waals surface area contributed by atoms with Crippen molar-refractivity contribution >= 4 is 5.91 Å². The lowest BCUT2D eigenvalue weighted by Crippen LogP contribution is -2.37. The predicted molar refractivity (Wildman–Crippen MR) is 80.2 cm³/mol. The number of benzene rings is 1. The van der Waals surface area contributed by atoms with Gasteiger partial charge in [-0.1, -0.05) is 18.7 Å². The third kappa shape index (κ3) is 4.97. The van der Waals surface area contributed by atoms with Gasteiger partial charge in [0.2, 0.25) is 5.91 Å². The van der Waals surface area contributed by atoms with E-state index in [0.717, 1.165) is 37.9 Å². The lowest BCUT2D eigenvalue weighted by Gasteiger charge is -2.31. The van der Waals surface area contributed by atoms with Gasteiger partial charge in [0.1, 0.15) is 5.82 Å². The lowest BCUT2D eigenvalue weighted by atomic mass is 9.94. The Kier molecular flexibility index (Phi) is 5.93. The van der Waals surface area contributed by atoms with Crippen LogP contribution < -0.4 is 0 Å². The van der Waals surface area contributed by atoms with E-state index < -0.39 is 0 Å². The van der Waals surface area contributed by atoms with Gasteiger partial charge in [0.15, 0.2) is 0 Å². The molecule has 0 spiro atoms. The van der Waals surface area contributed by atoms with Crippen LogP contribution in [0, 0.1) is 11.7 Å². The van der Waals surface area contributed by atoms with Crippen molar-refractivity contribution in [3.63, 3.8) is 0 Å². The van der Waals surface area contributed by atoms with E-state index in [1.54, 1.807) is 6.07 Å². The van der Waals surface area contributed by atoms with Crippen molar-refractivity contribution in [1.82, 2.24) is 4.90 Å². The molecule has 1 aromatic rings. The fraction of sp³-hybridized carbons (Fsp3) is 0.471. The number of rotatable bonds is 6. The molecule has 1 aliphatic heterocycles. The average Bonchev–Trinajstić information content (AvgIpc) is 2.51. The van der Waals surface area contributed by atoms with Crippen molar-refractivity contribution in [3.8, 4) is 0 Å². The van der Waals surface area contributed by atoms with Crippen LogP contribution in [0.25, 0.3) is 0 Å². The summed E-state index contributed by atoms with van der Waals surface area (Å²) in [6, 6.07) is 6.49. The first-order valence-corrected chi connectivity index (χ1v) is 7.42. The summed E-state index contributed by atoms with van der Waals surface area (Å²) in [5.74, 6) is 0.400. The van der Waals surface area contributed by atoms with Gasteiger partial charge < -0.3 is 9.64 Å². The molecule has 114 valence electrons. The smallest absolute Gasteiger partial charge is 0.245 e. The second-order valence-electron chi connectivity index (χ2n) is 5.44. The zero-order valence-electron chi connectivity index (χ0n) is 12.3. The summed E-state index contributed by atoms with van der Waals surface area (Å²) in [4.78, 5) is 13.3. The SMILES string of the molecule is C=CC(=O)N1CCC(CCOCc2cccc(F)c2)CC1. The number of ether oxygens (including phenoxy) is 1. The Hall–Kier alpha value is -1.68. The molecular formula is C17H22FNO2. The average molecular weight is 291 g/mol. The van der Waals surface area contributed by atoms with E-state index in [0.29, 0.717) is 19.1 Å². The van der Waals surface area contributed by atoms with E-state index in [2.05, 4.69) is 6.58 Å². The van der Waals surface area contributed by atoms with Crippen LogP contribution in [-0.4, -0.2) is 30.5 Å².